The van der Waals surface area contributed by atoms with Gasteiger partial charge < -0.3 is 4.74 Å². The minimum Gasteiger partial charge on any atom is -0.494 e. The molecule has 0 aliphatic carbocycles. The molecule has 17 heavy (non-hydrogen) atoms. The lowest BCUT2D eigenvalue weighted by atomic mass is 9.99. The monoisotopic (exact) mass is 239 g/mol. The Kier molecular flexibility index (Phi) is 4.16. The molecule has 90 valence electrons. The SMILES string of the molecule is CCOc1cc(C(C)=O)c(C#N)c(C(F)F)c1. The van der Waals surface area contributed by atoms with Crippen molar-refractivity contribution in [3.63, 3.8) is 0 Å². The van der Waals surface area contributed by atoms with E-state index in [1.807, 2.05) is 0 Å². The van der Waals surface area contributed by atoms with Crippen LogP contribution < -0.4 is 4.74 Å². The number of hydrogen-bond donors (Lipinski definition) is 0. The number of ether oxygens (including phenoxy) is 1. The molecule has 0 fully saturated rings. The number of nitriles is 1. The van der Waals surface area contributed by atoms with E-state index in [1.165, 1.54) is 13.0 Å². The van der Waals surface area contributed by atoms with Crippen LogP contribution in [-0.4, -0.2) is 12.4 Å². The van der Waals surface area contributed by atoms with Crippen molar-refractivity contribution in [2.75, 3.05) is 6.61 Å². The van der Waals surface area contributed by atoms with Crippen molar-refractivity contribution in [1.82, 2.24) is 0 Å². The van der Waals surface area contributed by atoms with Crippen molar-refractivity contribution in [1.29, 1.82) is 5.26 Å². The summed E-state index contributed by atoms with van der Waals surface area (Å²) in [6.45, 7) is 3.22. The molecule has 0 amide bonds. The van der Waals surface area contributed by atoms with Gasteiger partial charge in [-0.15, -0.1) is 0 Å². The fraction of sp³-hybridized carbons (Fsp3) is 0.333. The first-order chi connectivity index (χ1) is 8.01. The normalized spacial score (nSPS) is 10.1. The maximum absolute atomic E-state index is 12.8. The summed E-state index contributed by atoms with van der Waals surface area (Å²) in [7, 11) is 0. The van der Waals surface area contributed by atoms with Gasteiger partial charge in [0.25, 0.3) is 6.43 Å². The largest absolute Gasteiger partial charge is 0.494 e. The fourth-order valence-electron chi connectivity index (χ4n) is 1.46. The van der Waals surface area contributed by atoms with Crippen LogP contribution in [0.15, 0.2) is 12.1 Å². The van der Waals surface area contributed by atoms with E-state index >= 15 is 0 Å². The molecule has 0 saturated carbocycles. The molecule has 3 nitrogen and oxygen atoms in total. The Balaban J connectivity index is 3.47. The first-order valence-electron chi connectivity index (χ1n) is 5.01. The smallest absolute Gasteiger partial charge is 0.265 e. The van der Waals surface area contributed by atoms with Crippen LogP contribution in [0.25, 0.3) is 0 Å². The summed E-state index contributed by atoms with van der Waals surface area (Å²) in [5.74, 6) is -0.267. The van der Waals surface area contributed by atoms with Crippen LogP contribution in [0.5, 0.6) is 5.75 Å². The van der Waals surface area contributed by atoms with Gasteiger partial charge in [-0.05, 0) is 26.0 Å². The van der Waals surface area contributed by atoms with E-state index in [4.69, 9.17) is 10.00 Å². The van der Waals surface area contributed by atoms with Crippen molar-refractivity contribution in [2.45, 2.75) is 20.3 Å². The summed E-state index contributed by atoms with van der Waals surface area (Å²) in [6, 6.07) is 4.05. The highest BCUT2D eigenvalue weighted by Gasteiger charge is 2.20. The second kappa shape index (κ2) is 5.39. The van der Waals surface area contributed by atoms with Gasteiger partial charge in [-0.3, -0.25) is 4.79 Å². The van der Waals surface area contributed by atoms with Crippen LogP contribution in [0.4, 0.5) is 8.78 Å². The third kappa shape index (κ3) is 2.78. The summed E-state index contributed by atoms with van der Waals surface area (Å²) < 4.78 is 30.6. The van der Waals surface area contributed by atoms with Gasteiger partial charge in [0.05, 0.1) is 12.2 Å². The molecular formula is C12H11F2NO2. The average Bonchev–Trinajstić information content (AvgIpc) is 2.28. The minimum absolute atomic E-state index is 0.0336. The Bertz CT molecular complexity index is 478. The van der Waals surface area contributed by atoms with E-state index in [0.717, 1.165) is 6.07 Å². The molecule has 0 saturated heterocycles. The molecule has 0 atom stereocenters. The van der Waals surface area contributed by atoms with Gasteiger partial charge in [-0.1, -0.05) is 0 Å². The molecule has 1 aromatic carbocycles. The highest BCUT2D eigenvalue weighted by molar-refractivity contribution is 5.97. The van der Waals surface area contributed by atoms with Crippen molar-refractivity contribution in [3.8, 4) is 11.8 Å². The number of hydrogen-bond acceptors (Lipinski definition) is 3. The summed E-state index contributed by atoms with van der Waals surface area (Å²) in [4.78, 5) is 11.3. The number of carbonyl (C=O) groups excluding carboxylic acids is 1. The van der Waals surface area contributed by atoms with Crippen molar-refractivity contribution >= 4 is 5.78 Å². The van der Waals surface area contributed by atoms with E-state index in [-0.39, 0.29) is 16.9 Å². The number of rotatable bonds is 4. The van der Waals surface area contributed by atoms with E-state index < -0.39 is 17.8 Å². The third-order valence-electron chi connectivity index (χ3n) is 2.18. The lowest BCUT2D eigenvalue weighted by molar-refractivity contribution is 0.101. The van der Waals surface area contributed by atoms with Gasteiger partial charge in [-0.2, -0.15) is 5.26 Å². The number of benzene rings is 1. The molecule has 0 spiro atoms. The fourth-order valence-corrected chi connectivity index (χ4v) is 1.46. The molecule has 0 bridgehead atoms. The molecular weight excluding hydrogens is 228 g/mol. The van der Waals surface area contributed by atoms with Crippen molar-refractivity contribution in [3.05, 3.63) is 28.8 Å². The van der Waals surface area contributed by atoms with Crippen molar-refractivity contribution < 1.29 is 18.3 Å². The molecule has 0 aromatic heterocycles. The zero-order valence-corrected chi connectivity index (χ0v) is 9.46. The van der Waals surface area contributed by atoms with E-state index in [1.54, 1.807) is 13.0 Å². The van der Waals surface area contributed by atoms with Gasteiger partial charge >= 0.3 is 0 Å². The van der Waals surface area contributed by atoms with Gasteiger partial charge in [0, 0.05) is 11.1 Å². The van der Waals surface area contributed by atoms with E-state index in [2.05, 4.69) is 0 Å². The predicted octanol–water partition coefficient (Wildman–Crippen LogP) is 3.10. The summed E-state index contributed by atoms with van der Waals surface area (Å²) in [5, 5.41) is 8.84. The topological polar surface area (TPSA) is 50.1 Å². The Morgan fingerprint density at radius 3 is 2.59 bits per heavy atom. The molecule has 0 radical (unpaired) electrons. The standard InChI is InChI=1S/C12H11F2NO2/c1-3-17-8-4-9(7(2)16)11(6-15)10(5-8)12(13)14/h4-5,12H,3H2,1-2H3. The molecule has 1 rings (SSSR count). The van der Waals surface area contributed by atoms with Crippen LogP contribution >= 0.6 is 0 Å². The number of Topliss-reactive ketones (excluding diaryl/α,β-unsaturated/α-hetero) is 1. The lowest BCUT2D eigenvalue weighted by Gasteiger charge is -2.11. The van der Waals surface area contributed by atoms with Gasteiger partial charge in [-0.25, -0.2) is 8.78 Å². The summed E-state index contributed by atoms with van der Waals surface area (Å²) >= 11 is 0. The highest BCUT2D eigenvalue weighted by atomic mass is 19.3. The third-order valence-corrected chi connectivity index (χ3v) is 2.18. The Morgan fingerprint density at radius 1 is 1.53 bits per heavy atom. The second-order valence-corrected chi connectivity index (χ2v) is 3.34. The van der Waals surface area contributed by atoms with Gasteiger partial charge in [0.15, 0.2) is 5.78 Å². The number of nitrogens with zero attached hydrogens (tertiary/aromatic N) is 1. The molecule has 0 aliphatic rings. The molecule has 0 unspecified atom stereocenters. The summed E-state index contributed by atoms with van der Waals surface area (Å²) in [6.07, 6.45) is -2.82. The van der Waals surface area contributed by atoms with Crippen LogP contribution in [0.1, 0.15) is 41.8 Å². The molecule has 0 aliphatic heterocycles. The molecule has 0 heterocycles. The quantitative estimate of drug-likeness (QED) is 0.758. The number of carbonyl (C=O) groups is 1. The zero-order valence-electron chi connectivity index (χ0n) is 9.46. The van der Waals surface area contributed by atoms with Crippen LogP contribution in [0.2, 0.25) is 0 Å². The van der Waals surface area contributed by atoms with E-state index in [9.17, 15) is 13.6 Å². The lowest BCUT2D eigenvalue weighted by Crippen LogP contribution is -2.04. The first kappa shape index (κ1) is 13.1. The number of ketones is 1. The molecule has 5 heteroatoms. The zero-order chi connectivity index (χ0) is 13.0. The second-order valence-electron chi connectivity index (χ2n) is 3.34. The predicted molar refractivity (Wildman–Crippen MR) is 57.3 cm³/mol. The Hall–Kier alpha value is -1.96. The van der Waals surface area contributed by atoms with E-state index in [0.29, 0.717) is 6.61 Å². The first-order valence-corrected chi connectivity index (χ1v) is 5.01. The number of alkyl halides is 2. The minimum atomic E-state index is -2.82. The highest BCUT2D eigenvalue weighted by Crippen LogP contribution is 2.30. The Morgan fingerprint density at radius 2 is 2.18 bits per heavy atom. The molecule has 0 N–H and O–H groups in total. The Labute approximate surface area is 97.6 Å². The van der Waals surface area contributed by atoms with Crippen LogP contribution in [-0.2, 0) is 0 Å². The average molecular weight is 239 g/mol. The van der Waals surface area contributed by atoms with Gasteiger partial charge in [0.2, 0.25) is 0 Å². The van der Waals surface area contributed by atoms with Gasteiger partial charge in [0.1, 0.15) is 11.8 Å². The summed E-state index contributed by atoms with van der Waals surface area (Å²) in [5.41, 5.74) is -0.784. The van der Waals surface area contributed by atoms with Crippen molar-refractivity contribution in [2.24, 2.45) is 0 Å². The maximum Gasteiger partial charge on any atom is 0.265 e. The maximum atomic E-state index is 12.8. The van der Waals surface area contributed by atoms with Crippen LogP contribution in [0.3, 0.4) is 0 Å². The number of halogens is 2. The van der Waals surface area contributed by atoms with Crippen LogP contribution in [0, 0.1) is 11.3 Å². The molecule has 1 aromatic rings.